The number of methoxy groups -OCH3 is 1. The molecule has 0 aromatic heterocycles. The molecule has 2 rings (SSSR count). The number of rotatable bonds is 4. The van der Waals surface area contributed by atoms with Gasteiger partial charge in [-0.15, -0.1) is 0 Å². The molecule has 19 heavy (non-hydrogen) atoms. The molecule has 0 bridgehead atoms. The Labute approximate surface area is 125 Å². The Hall–Kier alpha value is -0.540. The summed E-state index contributed by atoms with van der Waals surface area (Å²) in [6.07, 6.45) is 9.67. The highest BCUT2D eigenvalue weighted by atomic mass is 79.9. The van der Waals surface area contributed by atoms with Crippen LogP contribution in [0.3, 0.4) is 0 Å². The number of hydrogen-bond acceptors (Lipinski definition) is 2. The lowest BCUT2D eigenvalue weighted by molar-refractivity contribution is 0.388. The smallest absolute Gasteiger partial charge is 0.133 e. The van der Waals surface area contributed by atoms with E-state index in [-0.39, 0.29) is 0 Å². The average Bonchev–Trinajstić information content (AvgIpc) is 2.37. The molecule has 1 fully saturated rings. The Morgan fingerprint density at radius 1 is 1.16 bits per heavy atom. The molecule has 1 aliphatic rings. The van der Waals surface area contributed by atoms with Crippen LogP contribution in [0.1, 0.15) is 50.5 Å². The number of halogens is 1. The molecule has 106 valence electrons. The molecule has 1 aliphatic carbocycles. The zero-order chi connectivity index (χ0) is 13.5. The Balaban J connectivity index is 1.85. The Morgan fingerprint density at radius 2 is 1.84 bits per heavy atom. The Morgan fingerprint density at radius 3 is 2.47 bits per heavy atom. The highest BCUT2D eigenvalue weighted by molar-refractivity contribution is 9.10. The third-order valence-corrected chi connectivity index (χ3v) is 4.54. The van der Waals surface area contributed by atoms with Gasteiger partial charge in [0, 0.05) is 12.6 Å². The van der Waals surface area contributed by atoms with Crippen molar-refractivity contribution in [3.8, 4) is 5.75 Å². The van der Waals surface area contributed by atoms with Gasteiger partial charge in [0.05, 0.1) is 11.6 Å². The van der Waals surface area contributed by atoms with Gasteiger partial charge in [-0.05, 0) is 46.5 Å². The summed E-state index contributed by atoms with van der Waals surface area (Å²) in [5.74, 6) is 0.898. The molecule has 0 spiro atoms. The third kappa shape index (κ3) is 4.81. The molecular formula is C16H24BrNO. The minimum atomic E-state index is 0.696. The molecular weight excluding hydrogens is 302 g/mol. The van der Waals surface area contributed by atoms with Gasteiger partial charge in [-0.2, -0.15) is 0 Å². The van der Waals surface area contributed by atoms with E-state index < -0.39 is 0 Å². The van der Waals surface area contributed by atoms with Crippen LogP contribution < -0.4 is 10.1 Å². The molecule has 1 saturated carbocycles. The fourth-order valence-electron chi connectivity index (χ4n) is 2.74. The van der Waals surface area contributed by atoms with Crippen LogP contribution in [-0.4, -0.2) is 13.2 Å². The predicted octanol–water partition coefficient (Wildman–Crippen LogP) is 4.66. The number of nitrogens with one attached hydrogen (secondary N) is 1. The van der Waals surface area contributed by atoms with Crippen molar-refractivity contribution in [2.24, 2.45) is 0 Å². The summed E-state index contributed by atoms with van der Waals surface area (Å²) in [6, 6.07) is 7.01. The van der Waals surface area contributed by atoms with E-state index in [0.717, 1.165) is 16.8 Å². The summed E-state index contributed by atoms with van der Waals surface area (Å²) in [7, 11) is 1.70. The van der Waals surface area contributed by atoms with E-state index in [9.17, 15) is 0 Å². The van der Waals surface area contributed by atoms with Crippen molar-refractivity contribution in [1.82, 2.24) is 5.32 Å². The van der Waals surface area contributed by atoms with Gasteiger partial charge in [0.2, 0.25) is 0 Å². The van der Waals surface area contributed by atoms with E-state index in [1.807, 2.05) is 6.07 Å². The quantitative estimate of drug-likeness (QED) is 0.869. The van der Waals surface area contributed by atoms with Gasteiger partial charge in [-0.1, -0.05) is 38.2 Å². The maximum atomic E-state index is 5.26. The molecule has 0 amide bonds. The summed E-state index contributed by atoms with van der Waals surface area (Å²) >= 11 is 3.54. The number of benzene rings is 1. The topological polar surface area (TPSA) is 21.3 Å². The Kier molecular flexibility index (Phi) is 6.18. The summed E-state index contributed by atoms with van der Waals surface area (Å²) in [4.78, 5) is 0. The first kappa shape index (κ1) is 14.9. The van der Waals surface area contributed by atoms with Crippen LogP contribution in [0.4, 0.5) is 0 Å². The molecule has 0 heterocycles. The molecule has 0 radical (unpaired) electrons. The van der Waals surface area contributed by atoms with E-state index in [2.05, 4.69) is 33.4 Å². The van der Waals surface area contributed by atoms with Crippen LogP contribution in [0.15, 0.2) is 22.7 Å². The summed E-state index contributed by atoms with van der Waals surface area (Å²) < 4.78 is 6.29. The van der Waals surface area contributed by atoms with Crippen molar-refractivity contribution < 1.29 is 4.74 Å². The fourth-order valence-corrected chi connectivity index (χ4v) is 3.33. The molecule has 2 nitrogen and oxygen atoms in total. The van der Waals surface area contributed by atoms with Crippen molar-refractivity contribution in [2.45, 2.75) is 57.5 Å². The maximum Gasteiger partial charge on any atom is 0.133 e. The van der Waals surface area contributed by atoms with Crippen LogP contribution in [-0.2, 0) is 6.54 Å². The van der Waals surface area contributed by atoms with Crippen molar-refractivity contribution in [3.05, 3.63) is 28.2 Å². The monoisotopic (exact) mass is 325 g/mol. The van der Waals surface area contributed by atoms with E-state index in [0.29, 0.717) is 6.04 Å². The summed E-state index contributed by atoms with van der Waals surface area (Å²) in [5, 5.41) is 3.71. The normalized spacial score (nSPS) is 17.8. The molecule has 1 N–H and O–H groups in total. The lowest BCUT2D eigenvalue weighted by atomic mass is 9.96. The predicted molar refractivity (Wildman–Crippen MR) is 83.6 cm³/mol. The highest BCUT2D eigenvalue weighted by Crippen LogP contribution is 2.25. The van der Waals surface area contributed by atoms with Gasteiger partial charge in [0.15, 0.2) is 0 Å². The van der Waals surface area contributed by atoms with Crippen LogP contribution in [0.5, 0.6) is 5.75 Å². The number of hydrogen-bond donors (Lipinski definition) is 1. The molecule has 0 atom stereocenters. The van der Waals surface area contributed by atoms with E-state index in [1.54, 1.807) is 7.11 Å². The van der Waals surface area contributed by atoms with Gasteiger partial charge in [0.1, 0.15) is 5.75 Å². The number of ether oxygens (including phenoxy) is 1. The Bertz CT molecular complexity index is 386. The van der Waals surface area contributed by atoms with E-state index in [1.165, 1.54) is 50.5 Å². The third-order valence-electron chi connectivity index (χ3n) is 3.92. The van der Waals surface area contributed by atoms with Crippen molar-refractivity contribution >= 4 is 15.9 Å². The summed E-state index contributed by atoms with van der Waals surface area (Å²) in [6.45, 7) is 0.952. The summed E-state index contributed by atoms with van der Waals surface area (Å²) in [5.41, 5.74) is 1.31. The fraction of sp³-hybridized carbons (Fsp3) is 0.625. The van der Waals surface area contributed by atoms with Crippen molar-refractivity contribution in [1.29, 1.82) is 0 Å². The molecule has 0 saturated heterocycles. The lowest BCUT2D eigenvalue weighted by Crippen LogP contribution is -2.29. The van der Waals surface area contributed by atoms with Gasteiger partial charge in [-0.3, -0.25) is 0 Å². The zero-order valence-corrected chi connectivity index (χ0v) is 13.3. The largest absolute Gasteiger partial charge is 0.496 e. The van der Waals surface area contributed by atoms with Crippen LogP contribution in [0.25, 0.3) is 0 Å². The minimum Gasteiger partial charge on any atom is -0.496 e. The molecule has 0 unspecified atom stereocenters. The average molecular weight is 326 g/mol. The van der Waals surface area contributed by atoms with Crippen molar-refractivity contribution in [2.75, 3.05) is 7.11 Å². The van der Waals surface area contributed by atoms with Crippen LogP contribution >= 0.6 is 15.9 Å². The molecule has 1 aromatic rings. The lowest BCUT2D eigenvalue weighted by Gasteiger charge is -2.21. The van der Waals surface area contributed by atoms with Crippen molar-refractivity contribution in [3.63, 3.8) is 0 Å². The first-order valence-corrected chi connectivity index (χ1v) is 8.14. The minimum absolute atomic E-state index is 0.696. The first-order valence-electron chi connectivity index (χ1n) is 7.35. The van der Waals surface area contributed by atoms with Crippen LogP contribution in [0, 0.1) is 0 Å². The zero-order valence-electron chi connectivity index (χ0n) is 11.8. The second kappa shape index (κ2) is 7.91. The highest BCUT2D eigenvalue weighted by Gasteiger charge is 2.11. The van der Waals surface area contributed by atoms with E-state index in [4.69, 9.17) is 4.74 Å². The standard InChI is InChI=1S/C16H24BrNO/c1-19-16-10-9-13(11-15(16)17)12-18-14-7-5-3-2-4-6-8-14/h9-11,14,18H,2-8,12H2,1H3. The molecule has 1 aromatic carbocycles. The second-order valence-electron chi connectivity index (χ2n) is 5.39. The van der Waals surface area contributed by atoms with Gasteiger partial charge in [0.25, 0.3) is 0 Å². The van der Waals surface area contributed by atoms with Gasteiger partial charge < -0.3 is 10.1 Å². The second-order valence-corrected chi connectivity index (χ2v) is 6.25. The SMILES string of the molecule is COc1ccc(CNC2CCCCCCC2)cc1Br. The van der Waals surface area contributed by atoms with Crippen LogP contribution in [0.2, 0.25) is 0 Å². The van der Waals surface area contributed by atoms with Gasteiger partial charge in [-0.25, -0.2) is 0 Å². The molecule has 0 aliphatic heterocycles. The maximum absolute atomic E-state index is 5.26. The van der Waals surface area contributed by atoms with E-state index >= 15 is 0 Å². The van der Waals surface area contributed by atoms with Gasteiger partial charge >= 0.3 is 0 Å². The first-order chi connectivity index (χ1) is 9.29. The molecule has 3 heteroatoms.